The first-order valence-corrected chi connectivity index (χ1v) is 6.69. The molecule has 0 aromatic carbocycles. The Morgan fingerprint density at radius 2 is 2.12 bits per heavy atom. The van der Waals surface area contributed by atoms with Gasteiger partial charge >= 0.3 is 5.97 Å². The van der Waals surface area contributed by atoms with Crippen molar-refractivity contribution in [1.29, 1.82) is 0 Å². The number of likely N-dealkylation sites (tertiary alicyclic amines) is 1. The van der Waals surface area contributed by atoms with Crippen molar-refractivity contribution in [3.8, 4) is 0 Å². The van der Waals surface area contributed by atoms with Gasteiger partial charge in [0.05, 0.1) is 0 Å². The van der Waals surface area contributed by atoms with Crippen molar-refractivity contribution in [3.05, 3.63) is 0 Å². The van der Waals surface area contributed by atoms with E-state index in [9.17, 15) is 4.79 Å². The van der Waals surface area contributed by atoms with Crippen molar-refractivity contribution in [2.24, 2.45) is 11.8 Å². The van der Waals surface area contributed by atoms with E-state index in [-0.39, 0.29) is 12.3 Å². The molecule has 1 aliphatic heterocycles. The van der Waals surface area contributed by atoms with Gasteiger partial charge in [-0.05, 0) is 64.3 Å². The molecule has 0 aromatic rings. The average molecular weight is 242 g/mol. The van der Waals surface area contributed by atoms with Crippen molar-refractivity contribution < 1.29 is 9.90 Å². The Morgan fingerprint density at radius 1 is 1.47 bits per heavy atom. The van der Waals surface area contributed by atoms with Gasteiger partial charge in [-0.1, -0.05) is 6.92 Å². The van der Waals surface area contributed by atoms with Crippen molar-refractivity contribution >= 4 is 5.97 Å². The van der Waals surface area contributed by atoms with Crippen LogP contribution in [0.4, 0.5) is 0 Å². The van der Waals surface area contributed by atoms with Crippen LogP contribution in [0.3, 0.4) is 0 Å². The molecule has 0 amide bonds. The molecular weight excluding hydrogens is 216 g/mol. The summed E-state index contributed by atoms with van der Waals surface area (Å²) in [4.78, 5) is 12.9. The predicted molar refractivity (Wildman–Crippen MR) is 69.1 cm³/mol. The zero-order chi connectivity index (χ0) is 12.7. The van der Waals surface area contributed by atoms with E-state index in [2.05, 4.69) is 17.3 Å². The van der Waals surface area contributed by atoms with Crippen molar-refractivity contribution in [3.63, 3.8) is 0 Å². The fraction of sp³-hybridized carbons (Fsp3) is 0.923. The van der Waals surface area contributed by atoms with E-state index < -0.39 is 5.97 Å². The molecule has 1 saturated heterocycles. The number of hydrogen-bond acceptors (Lipinski definition) is 3. The Balaban J connectivity index is 1.98. The second kappa shape index (κ2) is 7.67. The summed E-state index contributed by atoms with van der Waals surface area (Å²) < 4.78 is 0. The first kappa shape index (κ1) is 14.5. The van der Waals surface area contributed by atoms with Crippen LogP contribution in [-0.4, -0.2) is 49.2 Å². The Kier molecular flexibility index (Phi) is 6.52. The topological polar surface area (TPSA) is 52.6 Å². The summed E-state index contributed by atoms with van der Waals surface area (Å²) in [6, 6.07) is 0. The zero-order valence-corrected chi connectivity index (χ0v) is 11.1. The molecular formula is C13H26N2O2. The third-order valence-corrected chi connectivity index (χ3v) is 3.58. The monoisotopic (exact) mass is 242 g/mol. The highest BCUT2D eigenvalue weighted by Crippen LogP contribution is 2.18. The van der Waals surface area contributed by atoms with Gasteiger partial charge in [0.15, 0.2) is 0 Å². The van der Waals surface area contributed by atoms with Crippen LogP contribution < -0.4 is 5.32 Å². The third-order valence-electron chi connectivity index (χ3n) is 3.58. The fourth-order valence-electron chi connectivity index (χ4n) is 2.38. The van der Waals surface area contributed by atoms with Crippen molar-refractivity contribution in [2.45, 2.75) is 32.6 Å². The number of nitrogens with one attached hydrogen (secondary N) is 1. The van der Waals surface area contributed by atoms with Gasteiger partial charge < -0.3 is 15.3 Å². The van der Waals surface area contributed by atoms with E-state index >= 15 is 0 Å². The number of nitrogens with zero attached hydrogens (tertiary/aromatic N) is 1. The van der Waals surface area contributed by atoms with Gasteiger partial charge in [0.25, 0.3) is 0 Å². The summed E-state index contributed by atoms with van der Waals surface area (Å²) in [5, 5.41) is 12.0. The normalized spacial score (nSPS) is 20.4. The minimum atomic E-state index is -0.699. The van der Waals surface area contributed by atoms with E-state index in [4.69, 9.17) is 5.11 Å². The molecule has 0 saturated carbocycles. The maximum Gasteiger partial charge on any atom is 0.303 e. The van der Waals surface area contributed by atoms with Crippen LogP contribution >= 0.6 is 0 Å². The predicted octanol–water partition coefficient (Wildman–Crippen LogP) is 1.42. The van der Waals surface area contributed by atoms with E-state index in [1.165, 1.54) is 32.4 Å². The minimum absolute atomic E-state index is 0.227. The fourth-order valence-corrected chi connectivity index (χ4v) is 2.38. The standard InChI is InChI=1S/C13H26N2O2/c1-11(9-13(16)17)10-14-6-3-12-4-7-15(2)8-5-12/h11-12,14H,3-10H2,1-2H3,(H,16,17). The summed E-state index contributed by atoms with van der Waals surface area (Å²) in [6.45, 7) is 6.27. The largest absolute Gasteiger partial charge is 0.481 e. The van der Waals surface area contributed by atoms with Crippen LogP contribution in [0.15, 0.2) is 0 Å². The van der Waals surface area contributed by atoms with E-state index in [1.807, 2.05) is 6.92 Å². The SMILES string of the molecule is CC(CNCCC1CCN(C)CC1)CC(=O)O. The molecule has 1 rings (SSSR count). The lowest BCUT2D eigenvalue weighted by Gasteiger charge is -2.29. The smallest absolute Gasteiger partial charge is 0.303 e. The van der Waals surface area contributed by atoms with Gasteiger partial charge in [0, 0.05) is 6.42 Å². The highest BCUT2D eigenvalue weighted by molar-refractivity contribution is 5.66. The Bertz CT molecular complexity index is 225. The highest BCUT2D eigenvalue weighted by Gasteiger charge is 2.16. The first-order chi connectivity index (χ1) is 8.08. The minimum Gasteiger partial charge on any atom is -0.481 e. The van der Waals surface area contributed by atoms with E-state index in [0.717, 1.165) is 19.0 Å². The van der Waals surface area contributed by atoms with Crippen LogP contribution in [-0.2, 0) is 4.79 Å². The van der Waals surface area contributed by atoms with E-state index in [0.29, 0.717) is 0 Å². The molecule has 100 valence electrons. The molecule has 0 aliphatic carbocycles. The Labute approximate surface area is 104 Å². The number of rotatable bonds is 7. The summed E-state index contributed by atoms with van der Waals surface area (Å²) in [6.07, 6.45) is 4.11. The molecule has 0 bridgehead atoms. The lowest BCUT2D eigenvalue weighted by molar-refractivity contribution is -0.137. The highest BCUT2D eigenvalue weighted by atomic mass is 16.4. The Morgan fingerprint density at radius 3 is 2.71 bits per heavy atom. The van der Waals surface area contributed by atoms with Gasteiger partial charge in [0.1, 0.15) is 0 Å². The Hall–Kier alpha value is -0.610. The lowest BCUT2D eigenvalue weighted by Crippen LogP contribution is -2.32. The maximum atomic E-state index is 10.5. The summed E-state index contributed by atoms with van der Waals surface area (Å²) in [5.41, 5.74) is 0. The van der Waals surface area contributed by atoms with Gasteiger partial charge in [-0.25, -0.2) is 0 Å². The van der Waals surface area contributed by atoms with Crippen LogP contribution in [0.1, 0.15) is 32.6 Å². The molecule has 17 heavy (non-hydrogen) atoms. The van der Waals surface area contributed by atoms with Crippen molar-refractivity contribution in [1.82, 2.24) is 10.2 Å². The number of carbonyl (C=O) groups is 1. The second-order valence-electron chi connectivity index (χ2n) is 5.44. The third kappa shape index (κ3) is 6.64. The summed E-state index contributed by atoms with van der Waals surface area (Å²) in [5.74, 6) is 0.382. The summed E-state index contributed by atoms with van der Waals surface area (Å²) >= 11 is 0. The molecule has 0 spiro atoms. The number of piperidine rings is 1. The molecule has 1 fully saturated rings. The quantitative estimate of drug-likeness (QED) is 0.663. The number of hydrogen-bond donors (Lipinski definition) is 2. The molecule has 1 unspecified atom stereocenters. The molecule has 2 N–H and O–H groups in total. The van der Waals surface area contributed by atoms with Crippen LogP contribution in [0.2, 0.25) is 0 Å². The van der Waals surface area contributed by atoms with Gasteiger partial charge in [0.2, 0.25) is 0 Å². The number of carboxylic acid groups (broad SMARTS) is 1. The molecule has 4 heteroatoms. The van der Waals surface area contributed by atoms with E-state index in [1.54, 1.807) is 0 Å². The molecule has 0 radical (unpaired) electrons. The van der Waals surface area contributed by atoms with Gasteiger partial charge in [-0.15, -0.1) is 0 Å². The van der Waals surface area contributed by atoms with Crippen molar-refractivity contribution in [2.75, 3.05) is 33.2 Å². The van der Waals surface area contributed by atoms with Gasteiger partial charge in [-0.3, -0.25) is 4.79 Å². The average Bonchev–Trinajstić information content (AvgIpc) is 2.26. The summed E-state index contributed by atoms with van der Waals surface area (Å²) in [7, 11) is 2.18. The molecule has 0 aromatic heterocycles. The molecule has 1 atom stereocenters. The molecule has 4 nitrogen and oxygen atoms in total. The number of aliphatic carboxylic acids is 1. The zero-order valence-electron chi connectivity index (χ0n) is 11.1. The molecule has 1 aliphatic rings. The lowest BCUT2D eigenvalue weighted by atomic mass is 9.94. The second-order valence-corrected chi connectivity index (χ2v) is 5.44. The maximum absolute atomic E-state index is 10.5. The van der Waals surface area contributed by atoms with Crippen LogP contribution in [0.25, 0.3) is 0 Å². The van der Waals surface area contributed by atoms with Crippen LogP contribution in [0.5, 0.6) is 0 Å². The number of carboxylic acids is 1. The first-order valence-electron chi connectivity index (χ1n) is 6.69. The van der Waals surface area contributed by atoms with Gasteiger partial charge in [-0.2, -0.15) is 0 Å². The molecule has 1 heterocycles. The van der Waals surface area contributed by atoms with Crippen LogP contribution in [0, 0.1) is 11.8 Å².